The molecule has 9 heteroatoms. The first-order valence-corrected chi connectivity index (χ1v) is 9.10. The van der Waals surface area contributed by atoms with Crippen molar-refractivity contribution in [2.24, 2.45) is 0 Å². The van der Waals surface area contributed by atoms with Gasteiger partial charge in [-0.15, -0.1) is 0 Å². The maximum atomic E-state index is 12.4. The lowest BCUT2D eigenvalue weighted by Gasteiger charge is -2.35. The minimum absolute atomic E-state index is 0.0549. The summed E-state index contributed by atoms with van der Waals surface area (Å²) in [7, 11) is 0. The Kier molecular flexibility index (Phi) is 6.00. The predicted molar refractivity (Wildman–Crippen MR) is 102 cm³/mol. The van der Waals surface area contributed by atoms with Gasteiger partial charge in [-0.1, -0.05) is 0 Å². The number of carbonyl (C=O) groups excluding carboxylic acids is 1. The van der Waals surface area contributed by atoms with Crippen molar-refractivity contribution < 1.29 is 9.53 Å². The Morgan fingerprint density at radius 1 is 1.19 bits per heavy atom. The molecule has 1 fully saturated rings. The van der Waals surface area contributed by atoms with Crippen molar-refractivity contribution in [3.05, 3.63) is 29.8 Å². The molecule has 9 nitrogen and oxygen atoms in total. The Bertz CT molecular complexity index is 791. The maximum absolute atomic E-state index is 12.4. The van der Waals surface area contributed by atoms with Crippen molar-refractivity contribution in [1.82, 2.24) is 24.8 Å². The largest absolute Gasteiger partial charge is 0.453 e. The predicted octanol–water partition coefficient (Wildman–Crippen LogP) is 1.04. The summed E-state index contributed by atoms with van der Waals surface area (Å²) in [5.41, 5.74) is 0.804. The first-order valence-electron chi connectivity index (χ1n) is 9.10. The van der Waals surface area contributed by atoms with Crippen molar-refractivity contribution in [2.45, 2.75) is 20.8 Å². The normalized spacial score (nSPS) is 14.2. The summed E-state index contributed by atoms with van der Waals surface area (Å²) in [5, 5.41) is 3.22. The summed E-state index contributed by atoms with van der Waals surface area (Å²) in [6.07, 6.45) is 1.62. The number of hydrogen-bond acceptors (Lipinski definition) is 8. The summed E-state index contributed by atoms with van der Waals surface area (Å²) in [4.78, 5) is 33.4. The third-order valence-corrected chi connectivity index (χ3v) is 4.24. The molecule has 0 atom stereocenters. The Hall–Kier alpha value is -2.97. The van der Waals surface area contributed by atoms with Crippen molar-refractivity contribution >= 4 is 17.5 Å². The van der Waals surface area contributed by atoms with Crippen LogP contribution in [-0.2, 0) is 4.79 Å². The van der Waals surface area contributed by atoms with Crippen LogP contribution in [0.5, 0.6) is 6.01 Å². The second-order valence-corrected chi connectivity index (χ2v) is 6.33. The quantitative estimate of drug-likeness (QED) is 0.805. The van der Waals surface area contributed by atoms with Gasteiger partial charge in [0.25, 0.3) is 5.91 Å². The fourth-order valence-electron chi connectivity index (χ4n) is 2.88. The van der Waals surface area contributed by atoms with E-state index >= 15 is 0 Å². The van der Waals surface area contributed by atoms with Crippen LogP contribution in [-0.4, -0.2) is 70.1 Å². The molecular weight excluding hydrogens is 346 g/mol. The summed E-state index contributed by atoms with van der Waals surface area (Å²) in [6, 6.07) is 3.96. The smallest absolute Gasteiger partial charge is 0.317 e. The topological polar surface area (TPSA) is 96.4 Å². The van der Waals surface area contributed by atoms with Gasteiger partial charge in [-0.2, -0.15) is 0 Å². The number of ether oxygens (including phenoxy) is 1. The van der Waals surface area contributed by atoms with Crippen LogP contribution in [0.3, 0.4) is 0 Å². The van der Waals surface area contributed by atoms with Crippen LogP contribution in [0, 0.1) is 13.8 Å². The molecule has 3 heterocycles. The molecule has 0 unspecified atom stereocenters. The van der Waals surface area contributed by atoms with Gasteiger partial charge in [-0.3, -0.25) is 4.79 Å². The molecule has 0 spiro atoms. The van der Waals surface area contributed by atoms with Crippen molar-refractivity contribution in [2.75, 3.05) is 49.5 Å². The molecule has 0 radical (unpaired) electrons. The molecule has 3 rings (SSSR count). The van der Waals surface area contributed by atoms with Gasteiger partial charge in [0, 0.05) is 50.7 Å². The number of rotatable bonds is 6. The molecule has 0 aliphatic carbocycles. The highest BCUT2D eigenvalue weighted by Crippen LogP contribution is 2.18. The van der Waals surface area contributed by atoms with Gasteiger partial charge in [0.1, 0.15) is 17.5 Å². The van der Waals surface area contributed by atoms with Gasteiger partial charge in [0.2, 0.25) is 0 Å². The Labute approximate surface area is 158 Å². The molecule has 1 aliphatic rings. The van der Waals surface area contributed by atoms with Crippen LogP contribution in [0.25, 0.3) is 0 Å². The van der Waals surface area contributed by atoms with Crippen LogP contribution >= 0.6 is 0 Å². The molecule has 0 bridgehead atoms. The van der Waals surface area contributed by atoms with Crippen molar-refractivity contribution in [3.63, 3.8) is 0 Å². The van der Waals surface area contributed by atoms with Crippen LogP contribution in [0.4, 0.5) is 11.6 Å². The highest BCUT2D eigenvalue weighted by atomic mass is 16.5. The number of nitrogens with one attached hydrogen (secondary N) is 1. The van der Waals surface area contributed by atoms with E-state index in [-0.39, 0.29) is 18.5 Å². The summed E-state index contributed by atoms with van der Waals surface area (Å²) in [5.74, 6) is 2.38. The van der Waals surface area contributed by atoms with Gasteiger partial charge in [-0.25, -0.2) is 19.9 Å². The molecule has 2 aromatic rings. The zero-order valence-corrected chi connectivity index (χ0v) is 16.0. The average Bonchev–Trinajstić information content (AvgIpc) is 2.66. The number of anilines is 2. The minimum Gasteiger partial charge on any atom is -0.453 e. The monoisotopic (exact) mass is 371 g/mol. The molecule has 1 N–H and O–H groups in total. The lowest BCUT2D eigenvalue weighted by atomic mass is 10.3. The standard InChI is InChI=1S/C18H25N7O2/c1-4-19-15-11-16(23-14(3)22-15)24-7-9-25(10-8-24)17(26)12-27-18-20-6-5-13(2)21-18/h5-6,11H,4,7-10,12H2,1-3H3,(H,19,22,23). The number of aromatic nitrogens is 4. The summed E-state index contributed by atoms with van der Waals surface area (Å²) in [6.45, 7) is 9.20. The van der Waals surface area contributed by atoms with E-state index in [1.165, 1.54) is 0 Å². The van der Waals surface area contributed by atoms with E-state index in [2.05, 4.69) is 30.2 Å². The fourth-order valence-corrected chi connectivity index (χ4v) is 2.88. The average molecular weight is 371 g/mol. The van der Waals surface area contributed by atoms with E-state index < -0.39 is 0 Å². The molecule has 1 amide bonds. The van der Waals surface area contributed by atoms with E-state index in [0.717, 1.165) is 29.7 Å². The summed E-state index contributed by atoms with van der Waals surface area (Å²) >= 11 is 0. The lowest BCUT2D eigenvalue weighted by molar-refractivity contribution is -0.133. The molecule has 2 aromatic heterocycles. The van der Waals surface area contributed by atoms with Gasteiger partial charge in [-0.05, 0) is 26.8 Å². The molecule has 1 saturated heterocycles. The van der Waals surface area contributed by atoms with E-state index in [0.29, 0.717) is 26.2 Å². The zero-order chi connectivity index (χ0) is 19.2. The maximum Gasteiger partial charge on any atom is 0.317 e. The second-order valence-electron chi connectivity index (χ2n) is 6.33. The van der Waals surface area contributed by atoms with E-state index in [1.54, 1.807) is 17.2 Å². The number of piperazine rings is 1. The van der Waals surface area contributed by atoms with Crippen LogP contribution in [0.15, 0.2) is 18.3 Å². The van der Waals surface area contributed by atoms with Gasteiger partial charge >= 0.3 is 6.01 Å². The first-order chi connectivity index (χ1) is 13.0. The Balaban J connectivity index is 1.53. The molecule has 1 aliphatic heterocycles. The lowest BCUT2D eigenvalue weighted by Crippen LogP contribution is -2.50. The first kappa shape index (κ1) is 18.8. The van der Waals surface area contributed by atoms with Crippen LogP contribution in [0.1, 0.15) is 18.4 Å². The van der Waals surface area contributed by atoms with Crippen molar-refractivity contribution in [1.29, 1.82) is 0 Å². The van der Waals surface area contributed by atoms with Gasteiger partial charge < -0.3 is 19.9 Å². The molecule has 0 saturated carbocycles. The van der Waals surface area contributed by atoms with Crippen LogP contribution in [0.2, 0.25) is 0 Å². The molecular formula is C18H25N7O2. The molecule has 27 heavy (non-hydrogen) atoms. The highest BCUT2D eigenvalue weighted by molar-refractivity contribution is 5.78. The van der Waals surface area contributed by atoms with E-state index in [1.807, 2.05) is 26.8 Å². The van der Waals surface area contributed by atoms with Gasteiger partial charge in [0.15, 0.2) is 6.61 Å². The van der Waals surface area contributed by atoms with E-state index in [9.17, 15) is 4.79 Å². The summed E-state index contributed by atoms with van der Waals surface area (Å²) < 4.78 is 5.42. The second kappa shape index (κ2) is 8.61. The third kappa shape index (κ3) is 5.02. The van der Waals surface area contributed by atoms with Crippen LogP contribution < -0.4 is 15.0 Å². The number of carbonyl (C=O) groups is 1. The highest BCUT2D eigenvalue weighted by Gasteiger charge is 2.23. The number of nitrogens with zero attached hydrogens (tertiary/aromatic N) is 6. The van der Waals surface area contributed by atoms with Gasteiger partial charge in [0.05, 0.1) is 0 Å². The third-order valence-electron chi connectivity index (χ3n) is 4.24. The molecule has 144 valence electrons. The zero-order valence-electron chi connectivity index (χ0n) is 16.0. The van der Waals surface area contributed by atoms with Crippen molar-refractivity contribution in [3.8, 4) is 6.01 Å². The Morgan fingerprint density at radius 3 is 2.67 bits per heavy atom. The minimum atomic E-state index is -0.0630. The van der Waals surface area contributed by atoms with E-state index in [4.69, 9.17) is 4.74 Å². The number of hydrogen-bond donors (Lipinski definition) is 1. The molecule has 0 aromatic carbocycles. The fraction of sp³-hybridized carbons (Fsp3) is 0.500. The number of aryl methyl sites for hydroxylation is 2. The Morgan fingerprint density at radius 2 is 1.96 bits per heavy atom. The SMILES string of the molecule is CCNc1cc(N2CCN(C(=O)COc3nccc(C)n3)CC2)nc(C)n1. The number of amides is 1.